The molecule has 4 heteroatoms. The molecule has 2 heterocycles. The highest BCUT2D eigenvalue weighted by Gasteiger charge is 2.25. The third-order valence-corrected chi connectivity index (χ3v) is 5.72. The van der Waals surface area contributed by atoms with E-state index in [0.717, 1.165) is 19.4 Å². The number of nitrogens with zero attached hydrogens (tertiary/aromatic N) is 1. The van der Waals surface area contributed by atoms with Crippen LogP contribution in [-0.4, -0.2) is 30.4 Å². The summed E-state index contributed by atoms with van der Waals surface area (Å²) in [6, 6.07) is 10.9. The molecule has 1 aliphatic rings. The summed E-state index contributed by atoms with van der Waals surface area (Å²) in [5.41, 5.74) is 3.99. The van der Waals surface area contributed by atoms with Crippen molar-refractivity contribution in [2.24, 2.45) is 0 Å². The molecule has 0 radical (unpaired) electrons. The highest BCUT2D eigenvalue weighted by molar-refractivity contribution is 7.10. The molecule has 0 spiro atoms. The lowest BCUT2D eigenvalue weighted by molar-refractivity contribution is -0.122. The van der Waals surface area contributed by atoms with Crippen molar-refractivity contribution in [3.8, 4) is 0 Å². The Morgan fingerprint density at radius 2 is 2.17 bits per heavy atom. The quantitative estimate of drug-likeness (QED) is 0.913. The summed E-state index contributed by atoms with van der Waals surface area (Å²) in [6.07, 6.45) is 1.95. The summed E-state index contributed by atoms with van der Waals surface area (Å²) >= 11 is 1.84. The van der Waals surface area contributed by atoms with Crippen LogP contribution in [0.25, 0.3) is 0 Å². The molecule has 23 heavy (non-hydrogen) atoms. The van der Waals surface area contributed by atoms with Crippen molar-refractivity contribution in [1.29, 1.82) is 0 Å². The summed E-state index contributed by atoms with van der Waals surface area (Å²) < 4.78 is 0. The van der Waals surface area contributed by atoms with E-state index >= 15 is 0 Å². The van der Waals surface area contributed by atoms with Crippen molar-refractivity contribution in [1.82, 2.24) is 10.2 Å². The van der Waals surface area contributed by atoms with Crippen LogP contribution in [0.5, 0.6) is 0 Å². The Kier molecular flexibility index (Phi) is 5.13. The number of thiophene rings is 1. The predicted molar refractivity (Wildman–Crippen MR) is 95.9 cm³/mol. The van der Waals surface area contributed by atoms with Crippen LogP contribution in [0, 0.1) is 6.92 Å². The van der Waals surface area contributed by atoms with Gasteiger partial charge in [-0.15, -0.1) is 11.3 Å². The third-order valence-electron chi connectivity index (χ3n) is 4.73. The van der Waals surface area contributed by atoms with E-state index in [4.69, 9.17) is 0 Å². The second-order valence-corrected chi connectivity index (χ2v) is 7.22. The van der Waals surface area contributed by atoms with Crippen LogP contribution in [0.1, 0.15) is 34.5 Å². The highest BCUT2D eigenvalue weighted by Crippen LogP contribution is 2.32. The third kappa shape index (κ3) is 3.82. The Morgan fingerprint density at radius 1 is 1.35 bits per heavy atom. The molecule has 3 nitrogen and oxygen atoms in total. The second kappa shape index (κ2) is 7.28. The largest absolute Gasteiger partial charge is 0.355 e. The van der Waals surface area contributed by atoms with Crippen LogP contribution in [0.2, 0.25) is 0 Å². The fourth-order valence-electron chi connectivity index (χ4n) is 3.24. The molecule has 1 aromatic heterocycles. The van der Waals surface area contributed by atoms with Crippen LogP contribution >= 0.6 is 11.3 Å². The number of benzene rings is 1. The first-order chi connectivity index (χ1) is 11.1. The van der Waals surface area contributed by atoms with E-state index < -0.39 is 0 Å². The zero-order valence-corrected chi connectivity index (χ0v) is 14.7. The fourth-order valence-corrected chi connectivity index (χ4v) is 4.21. The number of hydrogen-bond acceptors (Lipinski definition) is 3. The highest BCUT2D eigenvalue weighted by atomic mass is 32.1. The Morgan fingerprint density at radius 3 is 3.00 bits per heavy atom. The fraction of sp³-hybridized carbons (Fsp3) is 0.421. The molecule has 3 rings (SSSR count). The smallest absolute Gasteiger partial charge is 0.234 e. The molecule has 0 saturated heterocycles. The molecule has 0 saturated carbocycles. The minimum absolute atomic E-state index is 0.129. The summed E-state index contributed by atoms with van der Waals surface area (Å²) in [5, 5.41) is 5.23. The minimum Gasteiger partial charge on any atom is -0.355 e. The molecule has 1 atom stereocenters. The van der Waals surface area contributed by atoms with Gasteiger partial charge >= 0.3 is 0 Å². The van der Waals surface area contributed by atoms with Gasteiger partial charge in [-0.3, -0.25) is 9.69 Å². The summed E-state index contributed by atoms with van der Waals surface area (Å²) in [6.45, 7) is 6.48. The van der Waals surface area contributed by atoms with Gasteiger partial charge in [-0.25, -0.2) is 0 Å². The van der Waals surface area contributed by atoms with E-state index in [2.05, 4.69) is 53.7 Å². The lowest BCUT2D eigenvalue weighted by Gasteiger charge is -2.32. The molecule has 0 unspecified atom stereocenters. The maximum atomic E-state index is 12.2. The molecule has 1 aliphatic heterocycles. The molecule has 1 aromatic carbocycles. The van der Waals surface area contributed by atoms with Gasteiger partial charge in [-0.2, -0.15) is 0 Å². The standard InChI is InChI=1S/C19H24N2OS/c1-14-5-3-4-6-16(14)7-10-20-19(22)13-21-11-8-18-17(15(21)2)9-12-23-18/h3-6,9,12,15H,7-8,10-11,13H2,1-2H3,(H,20,22)/t15-/m1/s1. The topological polar surface area (TPSA) is 32.3 Å². The Bertz CT molecular complexity index is 680. The van der Waals surface area contributed by atoms with E-state index in [0.29, 0.717) is 19.1 Å². The summed E-state index contributed by atoms with van der Waals surface area (Å²) in [7, 11) is 0. The van der Waals surface area contributed by atoms with Crippen molar-refractivity contribution in [2.45, 2.75) is 32.7 Å². The lowest BCUT2D eigenvalue weighted by atomic mass is 10.0. The van der Waals surface area contributed by atoms with Crippen LogP contribution in [0.3, 0.4) is 0 Å². The monoisotopic (exact) mass is 328 g/mol. The summed E-state index contributed by atoms with van der Waals surface area (Å²) in [5.74, 6) is 0.129. The van der Waals surface area contributed by atoms with Crippen molar-refractivity contribution in [2.75, 3.05) is 19.6 Å². The average Bonchev–Trinajstić information content (AvgIpc) is 3.01. The first-order valence-corrected chi connectivity index (χ1v) is 9.14. The zero-order valence-electron chi connectivity index (χ0n) is 13.8. The minimum atomic E-state index is 0.129. The van der Waals surface area contributed by atoms with Gasteiger partial charge in [0.25, 0.3) is 0 Å². The van der Waals surface area contributed by atoms with Crippen LogP contribution < -0.4 is 5.32 Å². The molecule has 0 aliphatic carbocycles. The van der Waals surface area contributed by atoms with Gasteiger partial charge in [0, 0.05) is 24.0 Å². The van der Waals surface area contributed by atoms with Crippen molar-refractivity contribution < 1.29 is 4.79 Å². The van der Waals surface area contributed by atoms with Gasteiger partial charge in [-0.05, 0) is 54.8 Å². The van der Waals surface area contributed by atoms with Gasteiger partial charge in [0.2, 0.25) is 5.91 Å². The Labute approximate surface area is 142 Å². The molecular weight excluding hydrogens is 304 g/mol. The zero-order chi connectivity index (χ0) is 16.2. The van der Waals surface area contributed by atoms with E-state index in [1.165, 1.54) is 21.6 Å². The average molecular weight is 328 g/mol. The number of amides is 1. The molecule has 2 aromatic rings. The first kappa shape index (κ1) is 16.2. The molecule has 0 bridgehead atoms. The number of carbonyl (C=O) groups is 1. The number of hydrogen-bond donors (Lipinski definition) is 1. The summed E-state index contributed by atoms with van der Waals surface area (Å²) in [4.78, 5) is 16.0. The normalized spacial score (nSPS) is 17.7. The number of rotatable bonds is 5. The predicted octanol–water partition coefficient (Wildman–Crippen LogP) is 3.33. The first-order valence-electron chi connectivity index (χ1n) is 8.26. The van der Waals surface area contributed by atoms with Crippen LogP contribution in [0.15, 0.2) is 35.7 Å². The van der Waals surface area contributed by atoms with Gasteiger partial charge in [0.15, 0.2) is 0 Å². The van der Waals surface area contributed by atoms with E-state index in [1.807, 2.05) is 17.4 Å². The van der Waals surface area contributed by atoms with Gasteiger partial charge in [0.1, 0.15) is 0 Å². The van der Waals surface area contributed by atoms with Gasteiger partial charge in [-0.1, -0.05) is 24.3 Å². The maximum Gasteiger partial charge on any atom is 0.234 e. The maximum absolute atomic E-state index is 12.2. The van der Waals surface area contributed by atoms with Crippen LogP contribution in [0.4, 0.5) is 0 Å². The Hall–Kier alpha value is -1.65. The van der Waals surface area contributed by atoms with E-state index in [9.17, 15) is 4.79 Å². The molecular formula is C19H24N2OS. The van der Waals surface area contributed by atoms with Gasteiger partial charge < -0.3 is 5.32 Å². The SMILES string of the molecule is Cc1ccccc1CCNC(=O)CN1CCc2sccc2[C@H]1C. The van der Waals surface area contributed by atoms with Gasteiger partial charge in [0.05, 0.1) is 6.54 Å². The van der Waals surface area contributed by atoms with Crippen molar-refractivity contribution in [3.63, 3.8) is 0 Å². The number of carbonyl (C=O) groups excluding carboxylic acids is 1. The second-order valence-electron chi connectivity index (χ2n) is 6.22. The molecule has 0 fully saturated rings. The number of nitrogens with one attached hydrogen (secondary N) is 1. The number of fused-ring (bicyclic) bond motifs is 1. The molecule has 122 valence electrons. The molecule has 1 N–H and O–H groups in total. The van der Waals surface area contributed by atoms with Crippen LogP contribution in [-0.2, 0) is 17.6 Å². The Balaban J connectivity index is 1.48. The molecule has 1 amide bonds. The number of aryl methyl sites for hydroxylation is 1. The van der Waals surface area contributed by atoms with Crippen molar-refractivity contribution >= 4 is 17.2 Å². The van der Waals surface area contributed by atoms with E-state index in [-0.39, 0.29) is 5.91 Å². The lowest BCUT2D eigenvalue weighted by Crippen LogP contribution is -2.41. The van der Waals surface area contributed by atoms with Crippen molar-refractivity contribution in [3.05, 3.63) is 57.3 Å². The van der Waals surface area contributed by atoms with E-state index in [1.54, 1.807) is 0 Å².